The predicted molar refractivity (Wildman–Crippen MR) is 62.0 cm³/mol. The monoisotopic (exact) mass is 239 g/mol. The summed E-state index contributed by atoms with van der Waals surface area (Å²) in [5.41, 5.74) is 0.952. The zero-order chi connectivity index (χ0) is 10.8. The van der Waals surface area contributed by atoms with Crippen molar-refractivity contribution < 1.29 is 9.53 Å². The average Bonchev–Trinajstić information content (AvgIpc) is 2.85. The third kappa shape index (κ3) is 1.93. The lowest BCUT2D eigenvalue weighted by atomic mass is 10.2. The molecule has 0 saturated heterocycles. The molecule has 15 heavy (non-hydrogen) atoms. The van der Waals surface area contributed by atoms with Crippen molar-refractivity contribution >= 4 is 28.7 Å². The predicted octanol–water partition coefficient (Wildman–Crippen LogP) is 3.08. The van der Waals surface area contributed by atoms with Crippen LogP contribution >= 0.6 is 22.9 Å². The van der Waals surface area contributed by atoms with E-state index in [1.54, 1.807) is 14.0 Å². The fourth-order valence-corrected chi connectivity index (χ4v) is 2.87. The zero-order valence-corrected chi connectivity index (χ0v) is 9.95. The summed E-state index contributed by atoms with van der Waals surface area (Å²) in [5.74, 6) is 0.683. The molecule has 0 aliphatic carbocycles. The van der Waals surface area contributed by atoms with Gasteiger partial charge in [0.2, 0.25) is 5.88 Å². The molecule has 3 nitrogen and oxygen atoms in total. The molecule has 0 atom stereocenters. The van der Waals surface area contributed by atoms with E-state index in [0.29, 0.717) is 5.88 Å². The summed E-state index contributed by atoms with van der Waals surface area (Å²) < 4.78 is 9.11. The number of hydrogen-bond donors (Lipinski definition) is 0. The number of hydrogen-bond acceptors (Lipinski definition) is 5. The van der Waals surface area contributed by atoms with Crippen molar-refractivity contribution in [1.82, 2.24) is 4.37 Å². The van der Waals surface area contributed by atoms with Crippen LogP contribution in [0.2, 0.25) is 0 Å². The van der Waals surface area contributed by atoms with Gasteiger partial charge in [-0.1, -0.05) is 0 Å². The van der Waals surface area contributed by atoms with Crippen LogP contribution in [-0.2, 0) is 0 Å². The van der Waals surface area contributed by atoms with E-state index in [0.717, 1.165) is 15.3 Å². The zero-order valence-electron chi connectivity index (χ0n) is 8.31. The second-order valence-electron chi connectivity index (χ2n) is 2.95. The van der Waals surface area contributed by atoms with E-state index >= 15 is 0 Å². The van der Waals surface area contributed by atoms with Crippen LogP contribution in [0.15, 0.2) is 17.5 Å². The number of carbonyl (C=O) groups excluding carboxylic acids is 1. The van der Waals surface area contributed by atoms with Crippen LogP contribution < -0.4 is 4.74 Å². The quantitative estimate of drug-likeness (QED) is 0.773. The molecule has 0 fully saturated rings. The van der Waals surface area contributed by atoms with E-state index in [1.165, 1.54) is 22.9 Å². The molecule has 0 radical (unpaired) electrons. The minimum Gasteiger partial charge on any atom is -0.480 e. The lowest BCUT2D eigenvalue weighted by Gasteiger charge is -1.94. The molecule has 0 aliphatic rings. The molecule has 2 rings (SSSR count). The molecule has 2 aromatic rings. The Labute approximate surface area is 95.5 Å². The van der Waals surface area contributed by atoms with Crippen molar-refractivity contribution in [2.24, 2.45) is 0 Å². The molecule has 78 valence electrons. The van der Waals surface area contributed by atoms with Gasteiger partial charge in [0, 0.05) is 11.6 Å². The van der Waals surface area contributed by atoms with Crippen LogP contribution in [-0.4, -0.2) is 17.3 Å². The van der Waals surface area contributed by atoms with Gasteiger partial charge in [-0.2, -0.15) is 4.37 Å². The van der Waals surface area contributed by atoms with Gasteiger partial charge in [0.15, 0.2) is 5.78 Å². The first kappa shape index (κ1) is 10.3. The van der Waals surface area contributed by atoms with Gasteiger partial charge in [0.1, 0.15) is 0 Å². The number of aromatic nitrogens is 1. The maximum atomic E-state index is 11.3. The molecular formula is C10H9NO2S2. The minimum absolute atomic E-state index is 0.0902. The lowest BCUT2D eigenvalue weighted by Crippen LogP contribution is -1.88. The standard InChI is InChI=1S/C10H9NO2S2/c1-6(12)10-7(3-4-14-10)8-5-9(13-2)11-15-8/h3-5H,1-2H3. The maximum Gasteiger partial charge on any atom is 0.225 e. The van der Waals surface area contributed by atoms with Crippen molar-refractivity contribution in [1.29, 1.82) is 0 Å². The van der Waals surface area contributed by atoms with Crippen molar-refractivity contribution in [2.45, 2.75) is 6.92 Å². The van der Waals surface area contributed by atoms with Crippen LogP contribution in [0.4, 0.5) is 0 Å². The van der Waals surface area contributed by atoms with E-state index in [-0.39, 0.29) is 5.78 Å². The maximum absolute atomic E-state index is 11.3. The highest BCUT2D eigenvalue weighted by atomic mass is 32.1. The molecule has 0 N–H and O–H groups in total. The van der Waals surface area contributed by atoms with E-state index in [1.807, 2.05) is 17.5 Å². The summed E-state index contributed by atoms with van der Waals surface area (Å²) in [5, 5.41) is 1.91. The molecule has 0 saturated carbocycles. The first-order valence-corrected chi connectivity index (χ1v) is 5.97. The topological polar surface area (TPSA) is 39.2 Å². The highest BCUT2D eigenvalue weighted by Gasteiger charge is 2.13. The van der Waals surface area contributed by atoms with Crippen molar-refractivity contribution in [3.63, 3.8) is 0 Å². The largest absolute Gasteiger partial charge is 0.480 e. The molecule has 0 spiro atoms. The van der Waals surface area contributed by atoms with E-state index in [9.17, 15) is 4.79 Å². The van der Waals surface area contributed by atoms with E-state index < -0.39 is 0 Å². The Kier molecular flexibility index (Phi) is 2.83. The third-order valence-electron chi connectivity index (χ3n) is 1.95. The summed E-state index contributed by atoms with van der Waals surface area (Å²) >= 11 is 2.80. The molecule has 2 heterocycles. The summed E-state index contributed by atoms with van der Waals surface area (Å²) in [4.78, 5) is 13.1. The van der Waals surface area contributed by atoms with Gasteiger partial charge in [-0.25, -0.2) is 0 Å². The normalized spacial score (nSPS) is 10.3. The lowest BCUT2D eigenvalue weighted by molar-refractivity contribution is 0.102. The third-order valence-corrected chi connectivity index (χ3v) is 3.77. The fourth-order valence-electron chi connectivity index (χ4n) is 1.26. The summed E-state index contributed by atoms with van der Waals surface area (Å²) in [6, 6.07) is 3.79. The van der Waals surface area contributed by atoms with Gasteiger partial charge < -0.3 is 4.74 Å². The first-order valence-electron chi connectivity index (χ1n) is 4.32. The van der Waals surface area contributed by atoms with Crippen molar-refractivity contribution in [3.8, 4) is 16.3 Å². The Morgan fingerprint density at radius 2 is 2.33 bits per heavy atom. The second-order valence-corrected chi connectivity index (χ2v) is 4.67. The van der Waals surface area contributed by atoms with Crippen LogP contribution in [0.5, 0.6) is 5.88 Å². The van der Waals surface area contributed by atoms with Crippen LogP contribution in [0.1, 0.15) is 16.6 Å². The Balaban J connectivity index is 2.44. The number of ether oxygens (including phenoxy) is 1. The van der Waals surface area contributed by atoms with Gasteiger partial charge in [-0.05, 0) is 29.9 Å². The molecule has 2 aromatic heterocycles. The van der Waals surface area contributed by atoms with Gasteiger partial charge in [0.05, 0.1) is 16.9 Å². The highest BCUT2D eigenvalue weighted by molar-refractivity contribution is 7.14. The van der Waals surface area contributed by atoms with Gasteiger partial charge in [-0.15, -0.1) is 11.3 Å². The van der Waals surface area contributed by atoms with Crippen LogP contribution in [0.3, 0.4) is 0 Å². The number of thiophene rings is 1. The van der Waals surface area contributed by atoms with E-state index in [4.69, 9.17) is 4.74 Å². The van der Waals surface area contributed by atoms with Gasteiger partial charge in [-0.3, -0.25) is 4.79 Å². The van der Waals surface area contributed by atoms with Gasteiger partial charge in [0.25, 0.3) is 0 Å². The van der Waals surface area contributed by atoms with Gasteiger partial charge >= 0.3 is 0 Å². The highest BCUT2D eigenvalue weighted by Crippen LogP contribution is 2.33. The second kappa shape index (κ2) is 4.12. The minimum atomic E-state index is 0.0902. The molecule has 0 unspecified atom stereocenters. The van der Waals surface area contributed by atoms with Crippen LogP contribution in [0, 0.1) is 0 Å². The number of methoxy groups -OCH3 is 1. The molecule has 0 aromatic carbocycles. The Morgan fingerprint density at radius 3 is 2.93 bits per heavy atom. The summed E-state index contributed by atoms with van der Waals surface area (Å²) in [6.07, 6.45) is 0. The number of nitrogens with zero attached hydrogens (tertiary/aromatic N) is 1. The first-order chi connectivity index (χ1) is 7.22. The Bertz CT molecular complexity index is 487. The number of carbonyl (C=O) groups is 1. The molecule has 0 aliphatic heterocycles. The fraction of sp³-hybridized carbons (Fsp3) is 0.200. The number of rotatable bonds is 3. The summed E-state index contributed by atoms with van der Waals surface area (Å²) in [6.45, 7) is 1.58. The Morgan fingerprint density at radius 1 is 1.53 bits per heavy atom. The number of ketones is 1. The molecule has 5 heteroatoms. The SMILES string of the molecule is COc1cc(-c2ccsc2C(C)=O)sn1. The van der Waals surface area contributed by atoms with Crippen molar-refractivity contribution in [3.05, 3.63) is 22.4 Å². The molecular weight excluding hydrogens is 230 g/mol. The van der Waals surface area contributed by atoms with Crippen molar-refractivity contribution in [2.75, 3.05) is 7.11 Å². The molecule has 0 bridgehead atoms. The number of Topliss-reactive ketones (excluding diaryl/α,β-unsaturated/α-hetero) is 1. The smallest absolute Gasteiger partial charge is 0.225 e. The molecule has 0 amide bonds. The summed E-state index contributed by atoms with van der Waals surface area (Å²) in [7, 11) is 1.58. The van der Waals surface area contributed by atoms with E-state index in [2.05, 4.69) is 4.37 Å². The van der Waals surface area contributed by atoms with Crippen LogP contribution in [0.25, 0.3) is 10.4 Å². The average molecular weight is 239 g/mol. The Hall–Kier alpha value is -1.20.